The van der Waals surface area contributed by atoms with Crippen molar-refractivity contribution < 1.29 is 9.90 Å². The molecule has 0 aliphatic carbocycles. The van der Waals surface area contributed by atoms with E-state index in [-0.39, 0.29) is 12.5 Å². The average molecular weight is 344 g/mol. The first-order valence-corrected chi connectivity index (χ1v) is 7.44. The number of nitrogens with one attached hydrogen (secondary N) is 1. The van der Waals surface area contributed by atoms with E-state index >= 15 is 0 Å². The molecule has 0 bridgehead atoms. The van der Waals surface area contributed by atoms with E-state index in [9.17, 15) is 4.79 Å². The number of aromatic nitrogens is 2. The van der Waals surface area contributed by atoms with Crippen molar-refractivity contribution in [2.45, 2.75) is 19.0 Å². The van der Waals surface area contributed by atoms with Gasteiger partial charge in [0, 0.05) is 41.2 Å². The zero-order chi connectivity index (χ0) is 13.8. The lowest BCUT2D eigenvalue weighted by atomic mass is 10.1. The summed E-state index contributed by atoms with van der Waals surface area (Å²) in [5, 5.41) is 20.3. The number of rotatable bonds is 6. The van der Waals surface area contributed by atoms with Crippen molar-refractivity contribution in [2.75, 3.05) is 0 Å². The molecule has 2 rings (SSSR count). The number of aliphatic carboxylic acids is 1. The predicted molar refractivity (Wildman–Crippen MR) is 77.1 cm³/mol. The fourth-order valence-corrected chi connectivity index (χ4v) is 3.44. The standard InChI is InChI=1S/C12H14BrN3O2S/c1-16-5-8(4-15-16)3-14-11(2-12(17)18)9-6-19-7-10(9)13/h4-7,11,14H,2-3H2,1H3,(H,17,18). The lowest BCUT2D eigenvalue weighted by Gasteiger charge is -2.16. The number of hydrogen-bond donors (Lipinski definition) is 2. The Balaban J connectivity index is 2.06. The summed E-state index contributed by atoms with van der Waals surface area (Å²) in [6.07, 6.45) is 3.73. The van der Waals surface area contributed by atoms with E-state index in [1.807, 2.05) is 24.0 Å². The normalized spacial score (nSPS) is 12.5. The minimum atomic E-state index is -0.818. The van der Waals surface area contributed by atoms with Gasteiger partial charge in [-0.05, 0) is 26.9 Å². The summed E-state index contributed by atoms with van der Waals surface area (Å²) in [6, 6.07) is -0.210. The molecule has 0 radical (unpaired) electrons. The van der Waals surface area contributed by atoms with Gasteiger partial charge in [0.1, 0.15) is 0 Å². The van der Waals surface area contributed by atoms with Crippen LogP contribution in [-0.4, -0.2) is 20.9 Å². The molecular weight excluding hydrogens is 330 g/mol. The van der Waals surface area contributed by atoms with Crippen LogP contribution in [0.1, 0.15) is 23.6 Å². The van der Waals surface area contributed by atoms with Gasteiger partial charge in [0.15, 0.2) is 0 Å². The van der Waals surface area contributed by atoms with E-state index in [2.05, 4.69) is 26.3 Å². The van der Waals surface area contributed by atoms with Crippen LogP contribution in [-0.2, 0) is 18.4 Å². The molecule has 0 amide bonds. The third kappa shape index (κ3) is 3.89. The van der Waals surface area contributed by atoms with Crippen molar-refractivity contribution >= 4 is 33.2 Å². The minimum Gasteiger partial charge on any atom is -0.481 e. The van der Waals surface area contributed by atoms with Crippen LogP contribution in [0.4, 0.5) is 0 Å². The van der Waals surface area contributed by atoms with Gasteiger partial charge in [-0.25, -0.2) is 0 Å². The Morgan fingerprint density at radius 3 is 2.95 bits per heavy atom. The fourth-order valence-electron chi connectivity index (χ4n) is 1.81. The molecule has 0 aliphatic rings. The Hall–Kier alpha value is -1.18. The highest BCUT2D eigenvalue weighted by Gasteiger charge is 2.18. The van der Waals surface area contributed by atoms with Gasteiger partial charge >= 0.3 is 5.97 Å². The molecule has 19 heavy (non-hydrogen) atoms. The maximum Gasteiger partial charge on any atom is 0.305 e. The third-order valence-electron chi connectivity index (χ3n) is 2.71. The van der Waals surface area contributed by atoms with Crippen LogP contribution in [0.3, 0.4) is 0 Å². The third-order valence-corrected chi connectivity index (χ3v) is 4.46. The summed E-state index contributed by atoms with van der Waals surface area (Å²) in [4.78, 5) is 11.0. The molecule has 2 aromatic rings. The summed E-state index contributed by atoms with van der Waals surface area (Å²) in [6.45, 7) is 0.591. The number of carbonyl (C=O) groups is 1. The van der Waals surface area contributed by atoms with Crippen molar-refractivity contribution in [3.05, 3.63) is 38.8 Å². The molecule has 0 saturated carbocycles. The first-order chi connectivity index (χ1) is 9.06. The zero-order valence-electron chi connectivity index (χ0n) is 10.3. The van der Waals surface area contributed by atoms with Gasteiger partial charge in [0.05, 0.1) is 12.6 Å². The first-order valence-electron chi connectivity index (χ1n) is 5.70. The molecule has 1 unspecified atom stereocenters. The molecule has 0 saturated heterocycles. The fraction of sp³-hybridized carbons (Fsp3) is 0.333. The average Bonchev–Trinajstić information content (AvgIpc) is 2.93. The first kappa shape index (κ1) is 14.2. The SMILES string of the molecule is Cn1cc(CNC(CC(=O)O)c2cscc2Br)cn1. The quantitative estimate of drug-likeness (QED) is 0.845. The van der Waals surface area contributed by atoms with Crippen LogP contribution in [0.5, 0.6) is 0 Å². The number of aryl methyl sites for hydroxylation is 1. The van der Waals surface area contributed by atoms with Crippen LogP contribution in [0.25, 0.3) is 0 Å². The van der Waals surface area contributed by atoms with Gasteiger partial charge in [-0.3, -0.25) is 9.48 Å². The maximum atomic E-state index is 11.0. The van der Waals surface area contributed by atoms with E-state index in [1.54, 1.807) is 22.2 Å². The number of hydrogen-bond acceptors (Lipinski definition) is 4. The van der Waals surface area contributed by atoms with Gasteiger partial charge in [0.25, 0.3) is 0 Å². The largest absolute Gasteiger partial charge is 0.481 e. The summed E-state index contributed by atoms with van der Waals surface area (Å²) in [7, 11) is 1.85. The monoisotopic (exact) mass is 343 g/mol. The molecule has 2 N–H and O–H groups in total. The number of nitrogens with zero attached hydrogens (tertiary/aromatic N) is 2. The predicted octanol–water partition coefficient (Wildman–Crippen LogP) is 2.55. The van der Waals surface area contributed by atoms with Crippen LogP contribution < -0.4 is 5.32 Å². The van der Waals surface area contributed by atoms with Crippen LogP contribution in [0.15, 0.2) is 27.6 Å². The number of thiophene rings is 1. The molecule has 0 spiro atoms. The second kappa shape index (κ2) is 6.31. The van der Waals surface area contributed by atoms with Crippen molar-refractivity contribution in [3.63, 3.8) is 0 Å². The lowest BCUT2D eigenvalue weighted by Crippen LogP contribution is -2.23. The van der Waals surface area contributed by atoms with Gasteiger partial charge < -0.3 is 10.4 Å². The van der Waals surface area contributed by atoms with Gasteiger partial charge in [0.2, 0.25) is 0 Å². The van der Waals surface area contributed by atoms with Crippen LogP contribution in [0, 0.1) is 0 Å². The molecule has 2 aromatic heterocycles. The van der Waals surface area contributed by atoms with E-state index in [0.717, 1.165) is 15.6 Å². The van der Waals surface area contributed by atoms with Gasteiger partial charge in [-0.2, -0.15) is 16.4 Å². The van der Waals surface area contributed by atoms with E-state index in [1.165, 1.54) is 0 Å². The molecule has 0 fully saturated rings. The summed E-state index contributed by atoms with van der Waals surface area (Å²) < 4.78 is 2.67. The van der Waals surface area contributed by atoms with Crippen molar-refractivity contribution in [1.29, 1.82) is 0 Å². The summed E-state index contributed by atoms with van der Waals surface area (Å²) in [5.74, 6) is -0.818. The summed E-state index contributed by atoms with van der Waals surface area (Å²) in [5.41, 5.74) is 2.01. The Bertz CT molecular complexity index is 567. The topological polar surface area (TPSA) is 67.2 Å². The van der Waals surface area contributed by atoms with Crippen LogP contribution in [0.2, 0.25) is 0 Å². The molecule has 0 aromatic carbocycles. The number of carboxylic acid groups (broad SMARTS) is 1. The molecule has 102 valence electrons. The van der Waals surface area contributed by atoms with E-state index < -0.39 is 5.97 Å². The van der Waals surface area contributed by atoms with E-state index in [0.29, 0.717) is 6.54 Å². The highest BCUT2D eigenvalue weighted by Crippen LogP contribution is 2.29. The second-order valence-electron chi connectivity index (χ2n) is 4.23. The van der Waals surface area contributed by atoms with Crippen molar-refractivity contribution in [1.82, 2.24) is 15.1 Å². The second-order valence-corrected chi connectivity index (χ2v) is 5.83. The van der Waals surface area contributed by atoms with Crippen molar-refractivity contribution in [2.24, 2.45) is 7.05 Å². The van der Waals surface area contributed by atoms with Gasteiger partial charge in [-0.15, -0.1) is 0 Å². The molecular formula is C12H14BrN3O2S. The Kier molecular flexibility index (Phi) is 4.73. The number of carboxylic acids is 1. The molecule has 2 heterocycles. The van der Waals surface area contributed by atoms with E-state index in [4.69, 9.17) is 5.11 Å². The molecule has 0 aliphatic heterocycles. The maximum absolute atomic E-state index is 11.0. The molecule has 7 heteroatoms. The van der Waals surface area contributed by atoms with Crippen LogP contribution >= 0.6 is 27.3 Å². The lowest BCUT2D eigenvalue weighted by molar-refractivity contribution is -0.137. The summed E-state index contributed by atoms with van der Waals surface area (Å²) >= 11 is 5.00. The molecule has 1 atom stereocenters. The molecule has 5 nitrogen and oxygen atoms in total. The van der Waals surface area contributed by atoms with Gasteiger partial charge in [-0.1, -0.05) is 0 Å². The smallest absolute Gasteiger partial charge is 0.305 e. The zero-order valence-corrected chi connectivity index (χ0v) is 12.7. The Morgan fingerprint density at radius 2 is 2.42 bits per heavy atom. The highest BCUT2D eigenvalue weighted by molar-refractivity contribution is 9.10. The highest BCUT2D eigenvalue weighted by atomic mass is 79.9. The Labute approximate surface area is 123 Å². The Morgan fingerprint density at radius 1 is 1.63 bits per heavy atom. The van der Waals surface area contributed by atoms with Crippen molar-refractivity contribution in [3.8, 4) is 0 Å². The number of halogens is 1. The minimum absolute atomic E-state index is 0.0512.